The monoisotopic (exact) mass is 358 g/mol. The van der Waals surface area contributed by atoms with Crippen molar-refractivity contribution in [2.45, 2.75) is 21.5 Å². The van der Waals surface area contributed by atoms with Crippen molar-refractivity contribution in [1.29, 1.82) is 0 Å². The van der Waals surface area contributed by atoms with Gasteiger partial charge in [-0.05, 0) is 29.2 Å². The number of methoxy groups -OCH3 is 3. The summed E-state index contributed by atoms with van der Waals surface area (Å²) in [5.74, 6) is 2.41. The van der Waals surface area contributed by atoms with Gasteiger partial charge in [-0.1, -0.05) is 35.7 Å². The molecule has 0 aliphatic carbocycles. The average Bonchev–Trinajstić information content (AvgIpc) is 3.02. The molecular weight excluding hydrogens is 340 g/mol. The van der Waals surface area contributed by atoms with E-state index in [4.69, 9.17) is 14.2 Å². The number of ether oxygens (including phenoxy) is 3. The van der Waals surface area contributed by atoms with E-state index in [2.05, 4.69) is 21.5 Å². The van der Waals surface area contributed by atoms with E-state index in [-0.39, 0.29) is 6.29 Å². The van der Waals surface area contributed by atoms with Gasteiger partial charge >= 0.3 is 0 Å². The maximum absolute atomic E-state index is 5.15. The second-order valence-electron chi connectivity index (χ2n) is 4.19. The molecule has 1 aromatic heterocycles. The highest BCUT2D eigenvalue weighted by molar-refractivity contribution is 8.00. The Morgan fingerprint density at radius 3 is 2.45 bits per heavy atom. The van der Waals surface area contributed by atoms with E-state index in [0.717, 1.165) is 21.0 Å². The second-order valence-corrected chi connectivity index (χ2v) is 7.15. The molecule has 22 heavy (non-hydrogen) atoms. The minimum atomic E-state index is -0.232. The number of rotatable bonds is 9. The molecule has 0 aliphatic rings. The maximum Gasteiger partial charge on any atom is 0.201 e. The van der Waals surface area contributed by atoms with E-state index in [1.165, 1.54) is 28.9 Å². The zero-order valence-electron chi connectivity index (χ0n) is 12.6. The highest BCUT2D eigenvalue weighted by atomic mass is 32.2. The van der Waals surface area contributed by atoms with Crippen LogP contribution < -0.4 is 4.74 Å². The number of hydrogen-bond acceptors (Lipinski definition) is 8. The van der Waals surface area contributed by atoms with Gasteiger partial charge in [-0.3, -0.25) is 0 Å². The largest absolute Gasteiger partial charge is 0.497 e. The zero-order valence-corrected chi connectivity index (χ0v) is 15.1. The Morgan fingerprint density at radius 2 is 1.82 bits per heavy atom. The molecule has 0 saturated carbocycles. The Bertz CT molecular complexity index is 559. The van der Waals surface area contributed by atoms with Crippen LogP contribution in [0.15, 0.2) is 33.8 Å². The summed E-state index contributed by atoms with van der Waals surface area (Å²) in [5, 5.41) is 0.765. The summed E-state index contributed by atoms with van der Waals surface area (Å²) in [7, 11) is 4.92. The SMILES string of the molecule is COc1ccc(CSc2nc(SCC(OC)OC)ns2)cc1. The summed E-state index contributed by atoms with van der Waals surface area (Å²) >= 11 is 4.63. The van der Waals surface area contributed by atoms with Crippen molar-refractivity contribution >= 4 is 35.1 Å². The molecule has 0 unspecified atom stereocenters. The van der Waals surface area contributed by atoms with Crippen molar-refractivity contribution in [3.63, 3.8) is 0 Å². The molecule has 0 amide bonds. The highest BCUT2D eigenvalue weighted by Gasteiger charge is 2.10. The third-order valence-electron chi connectivity index (χ3n) is 2.78. The minimum Gasteiger partial charge on any atom is -0.497 e. The first-order valence-electron chi connectivity index (χ1n) is 6.53. The van der Waals surface area contributed by atoms with Gasteiger partial charge in [-0.25, -0.2) is 4.98 Å². The van der Waals surface area contributed by atoms with E-state index in [0.29, 0.717) is 5.75 Å². The van der Waals surface area contributed by atoms with Crippen LogP contribution >= 0.6 is 35.1 Å². The maximum atomic E-state index is 5.15. The summed E-state index contributed by atoms with van der Waals surface area (Å²) in [6.45, 7) is 0. The van der Waals surface area contributed by atoms with Gasteiger partial charge < -0.3 is 14.2 Å². The van der Waals surface area contributed by atoms with Crippen molar-refractivity contribution in [2.24, 2.45) is 0 Å². The summed E-state index contributed by atoms with van der Waals surface area (Å²) in [6, 6.07) is 8.05. The molecule has 5 nitrogen and oxygen atoms in total. The molecule has 0 N–H and O–H groups in total. The number of nitrogens with zero attached hydrogens (tertiary/aromatic N) is 2. The fourth-order valence-electron chi connectivity index (χ4n) is 1.56. The summed E-state index contributed by atoms with van der Waals surface area (Å²) < 4.78 is 20.7. The first kappa shape index (κ1) is 17.6. The quantitative estimate of drug-likeness (QED) is 0.502. The van der Waals surface area contributed by atoms with Gasteiger partial charge in [0.25, 0.3) is 0 Å². The van der Waals surface area contributed by atoms with Gasteiger partial charge in [0.1, 0.15) is 5.75 Å². The van der Waals surface area contributed by atoms with Crippen molar-refractivity contribution in [3.05, 3.63) is 29.8 Å². The Labute approximate surface area is 142 Å². The predicted molar refractivity (Wildman–Crippen MR) is 91.0 cm³/mol. The van der Waals surface area contributed by atoms with Crippen LogP contribution in [0.4, 0.5) is 0 Å². The van der Waals surface area contributed by atoms with Gasteiger partial charge in [-0.15, -0.1) is 0 Å². The Kier molecular flexibility index (Phi) is 7.47. The Morgan fingerprint density at radius 1 is 1.09 bits per heavy atom. The summed E-state index contributed by atoms with van der Waals surface area (Å²) in [4.78, 5) is 4.50. The van der Waals surface area contributed by atoms with Crippen LogP contribution in [0.2, 0.25) is 0 Å². The molecular formula is C14H18N2O3S3. The molecule has 0 bridgehead atoms. The second kappa shape index (κ2) is 9.36. The van der Waals surface area contributed by atoms with Crippen LogP contribution in [0.5, 0.6) is 5.75 Å². The van der Waals surface area contributed by atoms with Crippen LogP contribution in [0, 0.1) is 0 Å². The van der Waals surface area contributed by atoms with Gasteiger partial charge in [0.05, 0.1) is 12.9 Å². The van der Waals surface area contributed by atoms with Gasteiger partial charge in [0.2, 0.25) is 5.16 Å². The minimum absolute atomic E-state index is 0.232. The molecule has 0 spiro atoms. The lowest BCUT2D eigenvalue weighted by Crippen LogP contribution is -2.15. The van der Waals surface area contributed by atoms with Gasteiger partial charge in [0.15, 0.2) is 10.6 Å². The fraction of sp³-hybridized carbons (Fsp3) is 0.429. The molecule has 8 heteroatoms. The first-order valence-corrected chi connectivity index (χ1v) is 9.27. The molecule has 0 saturated heterocycles. The van der Waals surface area contributed by atoms with Gasteiger partial charge in [-0.2, -0.15) is 4.37 Å². The van der Waals surface area contributed by atoms with E-state index < -0.39 is 0 Å². The molecule has 0 fully saturated rings. The van der Waals surface area contributed by atoms with Crippen molar-refractivity contribution in [3.8, 4) is 5.75 Å². The topological polar surface area (TPSA) is 53.5 Å². The normalized spacial score (nSPS) is 11.1. The molecule has 1 heterocycles. The Balaban J connectivity index is 1.81. The predicted octanol–water partition coefficient (Wildman–Crippen LogP) is 3.55. The molecule has 2 aromatic rings. The third-order valence-corrected chi connectivity index (χ3v) is 5.68. The highest BCUT2D eigenvalue weighted by Crippen LogP contribution is 2.28. The van der Waals surface area contributed by atoms with Crippen LogP contribution in [0.25, 0.3) is 0 Å². The number of aromatic nitrogens is 2. The number of hydrogen-bond donors (Lipinski definition) is 0. The molecule has 2 rings (SSSR count). The first-order chi connectivity index (χ1) is 10.7. The van der Waals surface area contributed by atoms with Crippen LogP contribution in [-0.2, 0) is 15.2 Å². The smallest absolute Gasteiger partial charge is 0.201 e. The van der Waals surface area contributed by atoms with Crippen LogP contribution in [0.1, 0.15) is 5.56 Å². The molecule has 0 atom stereocenters. The zero-order chi connectivity index (χ0) is 15.8. The van der Waals surface area contributed by atoms with Crippen molar-refractivity contribution in [1.82, 2.24) is 9.36 Å². The lowest BCUT2D eigenvalue weighted by molar-refractivity contribution is -0.0842. The molecule has 0 radical (unpaired) electrons. The van der Waals surface area contributed by atoms with Crippen LogP contribution in [0.3, 0.4) is 0 Å². The van der Waals surface area contributed by atoms with E-state index in [9.17, 15) is 0 Å². The van der Waals surface area contributed by atoms with E-state index in [1.807, 2.05) is 12.1 Å². The third kappa shape index (κ3) is 5.44. The summed E-state index contributed by atoms with van der Waals surface area (Å²) in [6.07, 6.45) is -0.232. The van der Waals surface area contributed by atoms with Gasteiger partial charge in [0, 0.05) is 20.0 Å². The Hall–Kier alpha value is -0.800. The summed E-state index contributed by atoms with van der Waals surface area (Å²) in [5.41, 5.74) is 1.23. The van der Waals surface area contributed by atoms with E-state index in [1.54, 1.807) is 33.1 Å². The molecule has 120 valence electrons. The molecule has 0 aliphatic heterocycles. The fourth-order valence-corrected chi connectivity index (χ4v) is 4.16. The number of thioether (sulfide) groups is 2. The lowest BCUT2D eigenvalue weighted by atomic mass is 10.2. The van der Waals surface area contributed by atoms with Crippen LogP contribution in [-0.4, -0.2) is 42.7 Å². The average molecular weight is 359 g/mol. The van der Waals surface area contributed by atoms with E-state index >= 15 is 0 Å². The van der Waals surface area contributed by atoms with Crippen molar-refractivity contribution in [2.75, 3.05) is 27.1 Å². The lowest BCUT2D eigenvalue weighted by Gasteiger charge is -2.10. The number of benzene rings is 1. The molecule has 1 aromatic carbocycles. The van der Waals surface area contributed by atoms with Crippen molar-refractivity contribution < 1.29 is 14.2 Å². The standard InChI is InChI=1S/C14H18N2O3S3/c1-17-11-6-4-10(5-7-11)8-21-14-15-13(16-22-14)20-9-12(18-2)19-3/h4-7,12H,8-9H2,1-3H3.